The average Bonchev–Trinajstić information content (AvgIpc) is 2.46. The van der Waals surface area contributed by atoms with E-state index < -0.39 is 0 Å². The Labute approximate surface area is 118 Å². The van der Waals surface area contributed by atoms with Crippen LogP contribution in [0.5, 0.6) is 0 Å². The van der Waals surface area contributed by atoms with E-state index in [0.29, 0.717) is 5.82 Å². The molecule has 0 saturated heterocycles. The fourth-order valence-corrected chi connectivity index (χ4v) is 2.33. The zero-order chi connectivity index (χ0) is 14.1. The maximum atomic E-state index is 5.93. The Morgan fingerprint density at radius 3 is 2.50 bits per heavy atom. The third-order valence-corrected chi connectivity index (χ3v) is 3.35. The molecule has 20 heavy (non-hydrogen) atoms. The topological polar surface area (TPSA) is 51.8 Å². The molecule has 0 saturated carbocycles. The molecule has 0 atom stereocenters. The van der Waals surface area contributed by atoms with Crippen LogP contribution in [0.2, 0.25) is 0 Å². The zero-order valence-electron chi connectivity index (χ0n) is 11.7. The number of aromatic nitrogens is 2. The lowest BCUT2D eigenvalue weighted by molar-refractivity contribution is 0.779. The molecule has 2 N–H and O–H groups in total. The molecule has 0 amide bonds. The van der Waals surface area contributed by atoms with Gasteiger partial charge in [0.05, 0.1) is 5.69 Å². The number of benzene rings is 2. The zero-order valence-corrected chi connectivity index (χ0v) is 11.7. The van der Waals surface area contributed by atoms with Crippen LogP contribution in [0, 0.1) is 0 Å². The van der Waals surface area contributed by atoms with Crippen LogP contribution in [0.4, 0.5) is 5.82 Å². The van der Waals surface area contributed by atoms with Crippen LogP contribution in [0.25, 0.3) is 22.0 Å². The molecular formula is C17H17N3. The summed E-state index contributed by atoms with van der Waals surface area (Å²) in [4.78, 5) is 8.97. The van der Waals surface area contributed by atoms with E-state index >= 15 is 0 Å². The van der Waals surface area contributed by atoms with Gasteiger partial charge in [-0.1, -0.05) is 56.3 Å². The summed E-state index contributed by atoms with van der Waals surface area (Å²) in [7, 11) is 0. The van der Waals surface area contributed by atoms with Crippen LogP contribution in [-0.2, 0) is 0 Å². The third-order valence-electron chi connectivity index (χ3n) is 3.35. The number of nitrogens with zero attached hydrogens (tertiary/aromatic N) is 2. The van der Waals surface area contributed by atoms with Gasteiger partial charge in [0.25, 0.3) is 0 Å². The Kier molecular flexibility index (Phi) is 3.11. The molecule has 3 aromatic rings. The monoisotopic (exact) mass is 263 g/mol. The van der Waals surface area contributed by atoms with Gasteiger partial charge in [0.2, 0.25) is 0 Å². The number of hydrogen-bond donors (Lipinski definition) is 1. The highest BCUT2D eigenvalue weighted by Gasteiger charge is 2.10. The third kappa shape index (κ3) is 2.23. The molecule has 3 rings (SSSR count). The summed E-state index contributed by atoms with van der Waals surface area (Å²) < 4.78 is 0. The fourth-order valence-electron chi connectivity index (χ4n) is 2.33. The number of hydrogen-bond acceptors (Lipinski definition) is 3. The smallest absolute Gasteiger partial charge is 0.133 e. The summed E-state index contributed by atoms with van der Waals surface area (Å²) in [5.74, 6) is 1.56. The quantitative estimate of drug-likeness (QED) is 0.760. The first kappa shape index (κ1) is 12.6. The number of nitrogens with two attached hydrogens (primary N) is 1. The normalized spacial score (nSPS) is 11.2. The van der Waals surface area contributed by atoms with Crippen molar-refractivity contribution in [2.75, 3.05) is 5.73 Å². The van der Waals surface area contributed by atoms with Crippen molar-refractivity contribution >= 4 is 16.6 Å². The molecule has 0 aliphatic rings. The number of rotatable bonds is 2. The SMILES string of the molecule is CC(C)c1nc(N)cc(-c2cccc3ccccc23)n1. The Morgan fingerprint density at radius 2 is 1.70 bits per heavy atom. The van der Waals surface area contributed by atoms with Crippen molar-refractivity contribution in [3.63, 3.8) is 0 Å². The van der Waals surface area contributed by atoms with Crippen molar-refractivity contribution in [2.24, 2.45) is 0 Å². The predicted octanol–water partition coefficient (Wildman–Crippen LogP) is 4.00. The molecule has 0 aliphatic heterocycles. The molecule has 1 aromatic heterocycles. The van der Waals surface area contributed by atoms with E-state index in [4.69, 9.17) is 5.73 Å². The van der Waals surface area contributed by atoms with E-state index in [9.17, 15) is 0 Å². The van der Waals surface area contributed by atoms with Gasteiger partial charge in [0.1, 0.15) is 11.6 Å². The molecule has 0 bridgehead atoms. The highest BCUT2D eigenvalue weighted by atomic mass is 14.9. The average molecular weight is 263 g/mol. The molecule has 0 fully saturated rings. The number of anilines is 1. The maximum Gasteiger partial charge on any atom is 0.133 e. The minimum Gasteiger partial charge on any atom is -0.384 e. The standard InChI is InChI=1S/C17H17N3/c1-11(2)17-19-15(10-16(18)20-17)14-9-5-7-12-6-3-4-8-13(12)14/h3-11H,1-2H3,(H2,18,19,20). The second-order valence-corrected chi connectivity index (χ2v) is 5.22. The molecule has 3 heteroatoms. The molecule has 2 aromatic carbocycles. The fraction of sp³-hybridized carbons (Fsp3) is 0.176. The van der Waals surface area contributed by atoms with Crippen LogP contribution < -0.4 is 5.73 Å². The molecule has 0 unspecified atom stereocenters. The van der Waals surface area contributed by atoms with Crippen molar-refractivity contribution in [3.8, 4) is 11.3 Å². The first-order valence-electron chi connectivity index (χ1n) is 6.78. The Morgan fingerprint density at radius 1 is 0.950 bits per heavy atom. The van der Waals surface area contributed by atoms with Gasteiger partial charge >= 0.3 is 0 Å². The minimum atomic E-state index is 0.257. The Hall–Kier alpha value is -2.42. The van der Waals surface area contributed by atoms with Gasteiger partial charge < -0.3 is 5.73 Å². The van der Waals surface area contributed by atoms with Crippen molar-refractivity contribution in [3.05, 3.63) is 54.4 Å². The van der Waals surface area contributed by atoms with Crippen LogP contribution in [0.15, 0.2) is 48.5 Å². The van der Waals surface area contributed by atoms with Crippen molar-refractivity contribution in [2.45, 2.75) is 19.8 Å². The molecule has 0 spiro atoms. The summed E-state index contributed by atoms with van der Waals surface area (Å²) >= 11 is 0. The summed E-state index contributed by atoms with van der Waals surface area (Å²) in [5.41, 5.74) is 7.91. The molecule has 1 heterocycles. The number of nitrogen functional groups attached to an aromatic ring is 1. The van der Waals surface area contributed by atoms with Gasteiger partial charge in [0, 0.05) is 17.5 Å². The summed E-state index contributed by atoms with van der Waals surface area (Å²) in [6, 6.07) is 16.4. The van der Waals surface area contributed by atoms with Crippen LogP contribution in [-0.4, -0.2) is 9.97 Å². The van der Waals surface area contributed by atoms with Crippen molar-refractivity contribution < 1.29 is 0 Å². The molecule has 0 radical (unpaired) electrons. The largest absolute Gasteiger partial charge is 0.384 e. The summed E-state index contributed by atoms with van der Waals surface area (Å²) in [6.07, 6.45) is 0. The molecule has 100 valence electrons. The van der Waals surface area contributed by atoms with Gasteiger partial charge in [0.15, 0.2) is 0 Å². The molecule has 3 nitrogen and oxygen atoms in total. The predicted molar refractivity (Wildman–Crippen MR) is 83.5 cm³/mol. The van der Waals surface area contributed by atoms with Gasteiger partial charge in [-0.2, -0.15) is 0 Å². The van der Waals surface area contributed by atoms with E-state index in [1.54, 1.807) is 0 Å². The molecular weight excluding hydrogens is 246 g/mol. The lowest BCUT2D eigenvalue weighted by Gasteiger charge is -2.10. The van der Waals surface area contributed by atoms with E-state index in [-0.39, 0.29) is 5.92 Å². The highest BCUT2D eigenvalue weighted by molar-refractivity contribution is 5.95. The second-order valence-electron chi connectivity index (χ2n) is 5.22. The van der Waals surface area contributed by atoms with Crippen LogP contribution in [0.1, 0.15) is 25.6 Å². The number of fused-ring (bicyclic) bond motifs is 1. The summed E-state index contributed by atoms with van der Waals surface area (Å²) in [5, 5.41) is 2.39. The van der Waals surface area contributed by atoms with Crippen molar-refractivity contribution in [1.29, 1.82) is 0 Å². The minimum absolute atomic E-state index is 0.257. The van der Waals surface area contributed by atoms with Crippen LogP contribution in [0.3, 0.4) is 0 Å². The van der Waals surface area contributed by atoms with Gasteiger partial charge in [-0.3, -0.25) is 0 Å². The van der Waals surface area contributed by atoms with Gasteiger partial charge in [-0.25, -0.2) is 9.97 Å². The van der Waals surface area contributed by atoms with E-state index in [1.165, 1.54) is 10.8 Å². The molecule has 0 aliphatic carbocycles. The lowest BCUT2D eigenvalue weighted by Crippen LogP contribution is -2.03. The summed E-state index contributed by atoms with van der Waals surface area (Å²) in [6.45, 7) is 4.14. The maximum absolute atomic E-state index is 5.93. The van der Waals surface area contributed by atoms with E-state index in [1.807, 2.05) is 24.3 Å². The highest BCUT2D eigenvalue weighted by Crippen LogP contribution is 2.28. The Bertz CT molecular complexity index is 758. The Balaban J connectivity index is 2.25. The van der Waals surface area contributed by atoms with Crippen molar-refractivity contribution in [1.82, 2.24) is 9.97 Å². The van der Waals surface area contributed by atoms with Gasteiger partial charge in [-0.15, -0.1) is 0 Å². The second kappa shape index (κ2) is 4.93. The van der Waals surface area contributed by atoms with Gasteiger partial charge in [-0.05, 0) is 10.8 Å². The van der Waals surface area contributed by atoms with E-state index in [2.05, 4.69) is 48.1 Å². The van der Waals surface area contributed by atoms with Crippen LogP contribution >= 0.6 is 0 Å². The lowest BCUT2D eigenvalue weighted by atomic mass is 10.0. The first-order valence-corrected chi connectivity index (χ1v) is 6.78. The first-order chi connectivity index (χ1) is 9.65. The van der Waals surface area contributed by atoms with E-state index in [0.717, 1.165) is 17.1 Å².